The predicted molar refractivity (Wildman–Crippen MR) is 105 cm³/mol. The first-order valence-corrected chi connectivity index (χ1v) is 9.09. The predicted octanol–water partition coefficient (Wildman–Crippen LogP) is 5.35. The van der Waals surface area contributed by atoms with Crippen LogP contribution in [0.25, 0.3) is 11.1 Å². The average Bonchev–Trinajstić information content (AvgIpc) is 2.72. The van der Waals surface area contributed by atoms with E-state index in [1.54, 1.807) is 6.07 Å². The molecular formula is C21H17ClF3N3O. The zero-order chi connectivity index (χ0) is 21.0. The SMILES string of the molecule is CC(F)(CNC(=O)c1cccnc1C(F)F)c1ncc(-c2ccccc2)cc1Cl. The van der Waals surface area contributed by atoms with E-state index in [1.807, 2.05) is 30.3 Å². The number of amides is 1. The van der Waals surface area contributed by atoms with Gasteiger partial charge in [-0.3, -0.25) is 14.8 Å². The van der Waals surface area contributed by atoms with Crippen molar-refractivity contribution in [3.63, 3.8) is 0 Å². The molecule has 8 heteroatoms. The molecule has 3 aromatic rings. The molecule has 0 saturated carbocycles. The summed E-state index contributed by atoms with van der Waals surface area (Å²) in [6.45, 7) is 0.710. The number of benzene rings is 1. The Morgan fingerprint density at radius 3 is 2.52 bits per heavy atom. The standard InChI is InChI=1S/C21H17ClF3N3O/c1-21(25,12-28-20(29)15-8-5-9-26-17(15)19(23)24)18-16(22)10-14(11-27-18)13-6-3-2-4-7-13/h2-11,19H,12H2,1H3,(H,28,29). The van der Waals surface area contributed by atoms with Crippen molar-refractivity contribution in [2.75, 3.05) is 6.54 Å². The zero-order valence-corrected chi connectivity index (χ0v) is 16.1. The summed E-state index contributed by atoms with van der Waals surface area (Å²) >= 11 is 6.24. The molecule has 1 amide bonds. The minimum atomic E-state index is -2.92. The molecule has 1 atom stereocenters. The van der Waals surface area contributed by atoms with Crippen LogP contribution < -0.4 is 5.32 Å². The molecule has 2 heterocycles. The molecule has 29 heavy (non-hydrogen) atoms. The van der Waals surface area contributed by atoms with Crippen LogP contribution in [0.3, 0.4) is 0 Å². The van der Waals surface area contributed by atoms with Gasteiger partial charge < -0.3 is 5.32 Å². The summed E-state index contributed by atoms with van der Waals surface area (Å²) in [7, 11) is 0. The van der Waals surface area contributed by atoms with Crippen LogP contribution in [0.15, 0.2) is 60.9 Å². The fraction of sp³-hybridized carbons (Fsp3) is 0.190. The molecular weight excluding hydrogens is 403 g/mol. The summed E-state index contributed by atoms with van der Waals surface area (Å²) in [6, 6.07) is 13.5. The number of pyridine rings is 2. The highest BCUT2D eigenvalue weighted by atomic mass is 35.5. The van der Waals surface area contributed by atoms with Gasteiger partial charge in [0.15, 0.2) is 5.67 Å². The first kappa shape index (κ1) is 20.8. The van der Waals surface area contributed by atoms with E-state index in [1.165, 1.54) is 25.3 Å². The van der Waals surface area contributed by atoms with Gasteiger partial charge in [-0.1, -0.05) is 41.9 Å². The van der Waals surface area contributed by atoms with Crippen molar-refractivity contribution in [1.29, 1.82) is 0 Å². The Kier molecular flexibility index (Phi) is 6.17. The van der Waals surface area contributed by atoms with Crippen LogP contribution in [0, 0.1) is 0 Å². The molecule has 3 rings (SSSR count). The molecule has 150 valence electrons. The van der Waals surface area contributed by atoms with E-state index in [-0.39, 0.29) is 16.3 Å². The molecule has 0 aliphatic rings. The van der Waals surface area contributed by atoms with Gasteiger partial charge in [0.05, 0.1) is 22.8 Å². The summed E-state index contributed by atoms with van der Waals surface area (Å²) < 4.78 is 41.3. The van der Waals surface area contributed by atoms with Crippen LogP contribution >= 0.6 is 11.6 Å². The van der Waals surface area contributed by atoms with Crippen LogP contribution in [0.2, 0.25) is 5.02 Å². The Balaban J connectivity index is 1.77. The number of aromatic nitrogens is 2. The number of nitrogens with one attached hydrogen (secondary N) is 1. The molecule has 0 saturated heterocycles. The molecule has 0 aliphatic carbocycles. The fourth-order valence-electron chi connectivity index (χ4n) is 2.82. The topological polar surface area (TPSA) is 54.9 Å². The quantitative estimate of drug-likeness (QED) is 0.586. The van der Waals surface area contributed by atoms with Crippen LogP contribution in [0.4, 0.5) is 13.2 Å². The number of hydrogen-bond acceptors (Lipinski definition) is 3. The maximum atomic E-state index is 15.2. The molecule has 1 aromatic carbocycles. The molecule has 0 aliphatic heterocycles. The molecule has 2 aromatic heterocycles. The van der Waals surface area contributed by atoms with Crippen molar-refractivity contribution in [1.82, 2.24) is 15.3 Å². The molecule has 1 N–H and O–H groups in total. The number of alkyl halides is 3. The van der Waals surface area contributed by atoms with Gasteiger partial charge in [-0.2, -0.15) is 0 Å². The zero-order valence-electron chi connectivity index (χ0n) is 15.4. The highest BCUT2D eigenvalue weighted by Gasteiger charge is 2.32. The molecule has 0 bridgehead atoms. The number of hydrogen-bond donors (Lipinski definition) is 1. The van der Waals surface area contributed by atoms with Gasteiger partial charge in [-0.15, -0.1) is 0 Å². The molecule has 1 unspecified atom stereocenters. The van der Waals surface area contributed by atoms with Crippen molar-refractivity contribution in [3.8, 4) is 11.1 Å². The molecule has 0 spiro atoms. The van der Waals surface area contributed by atoms with Crippen molar-refractivity contribution in [2.45, 2.75) is 19.0 Å². The van der Waals surface area contributed by atoms with Crippen LogP contribution in [-0.4, -0.2) is 22.4 Å². The minimum absolute atomic E-state index is 0.0561. The number of rotatable bonds is 6. The van der Waals surface area contributed by atoms with E-state index >= 15 is 4.39 Å². The first-order valence-electron chi connectivity index (χ1n) is 8.71. The van der Waals surface area contributed by atoms with Gasteiger partial charge in [-0.05, 0) is 30.7 Å². The van der Waals surface area contributed by atoms with Crippen LogP contribution in [0.1, 0.15) is 35.1 Å². The Hall–Kier alpha value is -2.93. The smallest absolute Gasteiger partial charge is 0.281 e. The van der Waals surface area contributed by atoms with E-state index in [2.05, 4.69) is 15.3 Å². The molecule has 0 fully saturated rings. The number of halogens is 4. The van der Waals surface area contributed by atoms with Crippen LogP contribution in [0.5, 0.6) is 0 Å². The monoisotopic (exact) mass is 419 g/mol. The summed E-state index contributed by atoms with van der Waals surface area (Å²) in [4.78, 5) is 19.9. The second-order valence-corrected chi connectivity index (χ2v) is 6.94. The van der Waals surface area contributed by atoms with Crippen molar-refractivity contribution in [2.24, 2.45) is 0 Å². The Morgan fingerprint density at radius 2 is 1.86 bits per heavy atom. The molecule has 4 nitrogen and oxygen atoms in total. The van der Waals surface area contributed by atoms with Gasteiger partial charge in [-0.25, -0.2) is 13.2 Å². The summed E-state index contributed by atoms with van der Waals surface area (Å²) in [6.07, 6.45) is -0.266. The normalized spacial score (nSPS) is 13.2. The summed E-state index contributed by atoms with van der Waals surface area (Å²) in [5, 5.41) is 2.42. The summed E-state index contributed by atoms with van der Waals surface area (Å²) in [5.41, 5.74) is -1.55. The number of carbonyl (C=O) groups excluding carboxylic acids is 1. The Morgan fingerprint density at radius 1 is 1.14 bits per heavy atom. The first-order chi connectivity index (χ1) is 13.8. The Labute approximate surface area is 170 Å². The van der Waals surface area contributed by atoms with Gasteiger partial charge in [0.2, 0.25) is 0 Å². The van der Waals surface area contributed by atoms with Crippen LogP contribution in [-0.2, 0) is 5.67 Å². The highest BCUT2D eigenvalue weighted by Crippen LogP contribution is 2.32. The minimum Gasteiger partial charge on any atom is -0.348 e. The fourth-order valence-corrected chi connectivity index (χ4v) is 3.18. The Bertz CT molecular complexity index is 1010. The second kappa shape index (κ2) is 8.61. The van der Waals surface area contributed by atoms with Gasteiger partial charge in [0.1, 0.15) is 5.69 Å². The lowest BCUT2D eigenvalue weighted by Crippen LogP contribution is -2.37. The lowest BCUT2D eigenvalue weighted by atomic mass is 10.0. The van der Waals surface area contributed by atoms with E-state index in [0.717, 1.165) is 17.3 Å². The van der Waals surface area contributed by atoms with Gasteiger partial charge >= 0.3 is 0 Å². The van der Waals surface area contributed by atoms with E-state index < -0.39 is 30.2 Å². The third-order valence-electron chi connectivity index (χ3n) is 4.31. The van der Waals surface area contributed by atoms with E-state index in [9.17, 15) is 13.6 Å². The maximum Gasteiger partial charge on any atom is 0.281 e. The van der Waals surface area contributed by atoms with Crippen molar-refractivity contribution in [3.05, 3.63) is 82.9 Å². The number of nitrogens with zero attached hydrogens (tertiary/aromatic N) is 2. The largest absolute Gasteiger partial charge is 0.348 e. The van der Waals surface area contributed by atoms with Gasteiger partial charge in [0, 0.05) is 18.0 Å². The lowest BCUT2D eigenvalue weighted by Gasteiger charge is -2.22. The summed E-state index contributed by atoms with van der Waals surface area (Å²) in [5.74, 6) is -0.852. The van der Waals surface area contributed by atoms with E-state index in [0.29, 0.717) is 0 Å². The second-order valence-electron chi connectivity index (χ2n) is 6.54. The maximum absolute atomic E-state index is 15.2. The van der Waals surface area contributed by atoms with E-state index in [4.69, 9.17) is 11.6 Å². The molecule has 0 radical (unpaired) electrons. The number of carbonyl (C=O) groups is 1. The third-order valence-corrected chi connectivity index (χ3v) is 4.60. The third kappa shape index (κ3) is 4.74. The van der Waals surface area contributed by atoms with Crippen molar-refractivity contribution >= 4 is 17.5 Å². The highest BCUT2D eigenvalue weighted by molar-refractivity contribution is 6.31. The lowest BCUT2D eigenvalue weighted by molar-refractivity contribution is 0.0892. The van der Waals surface area contributed by atoms with Crippen molar-refractivity contribution < 1.29 is 18.0 Å². The average molecular weight is 420 g/mol. The van der Waals surface area contributed by atoms with Gasteiger partial charge in [0.25, 0.3) is 12.3 Å².